The third-order valence-corrected chi connectivity index (χ3v) is 5.02. The maximum Gasteiger partial charge on any atom is 0.239 e. The quantitative estimate of drug-likeness (QED) is 0.921. The summed E-state index contributed by atoms with van der Waals surface area (Å²) in [6, 6.07) is 0. The summed E-state index contributed by atoms with van der Waals surface area (Å²) < 4.78 is 1.00. The number of carbonyl (C=O) groups excluding carboxylic acids is 1. The number of hydrogen-bond donors (Lipinski definition) is 1. The van der Waals surface area contributed by atoms with E-state index in [4.69, 9.17) is 0 Å². The van der Waals surface area contributed by atoms with Gasteiger partial charge in [-0.25, -0.2) is 0 Å². The van der Waals surface area contributed by atoms with Crippen LogP contribution in [0.3, 0.4) is 0 Å². The standard InChI is InChI=1S/C9H12N4OS3/c1-5(16-9-10-3-4-15-9)7(14)11-8-13-12-6(2)17-8/h5H,3-4H2,1-2H3,(H,11,13,14). The van der Waals surface area contributed by atoms with Crippen LogP contribution >= 0.6 is 34.9 Å². The molecule has 92 valence electrons. The van der Waals surface area contributed by atoms with Crippen molar-refractivity contribution in [1.82, 2.24) is 10.2 Å². The van der Waals surface area contributed by atoms with Gasteiger partial charge in [0.1, 0.15) is 9.38 Å². The van der Waals surface area contributed by atoms with Crippen molar-refractivity contribution in [3.8, 4) is 0 Å². The van der Waals surface area contributed by atoms with Gasteiger partial charge in [-0.05, 0) is 13.8 Å². The van der Waals surface area contributed by atoms with Crippen molar-refractivity contribution in [3.63, 3.8) is 0 Å². The average molecular weight is 288 g/mol. The molecule has 5 nitrogen and oxygen atoms in total. The van der Waals surface area contributed by atoms with Crippen LogP contribution in [0.1, 0.15) is 11.9 Å². The van der Waals surface area contributed by atoms with Crippen LogP contribution in [0.15, 0.2) is 4.99 Å². The molecule has 1 unspecified atom stereocenters. The van der Waals surface area contributed by atoms with E-state index in [1.807, 2.05) is 13.8 Å². The van der Waals surface area contributed by atoms with Gasteiger partial charge in [-0.2, -0.15) is 0 Å². The number of amides is 1. The van der Waals surface area contributed by atoms with E-state index in [1.54, 1.807) is 11.8 Å². The third kappa shape index (κ3) is 3.68. The molecule has 1 aliphatic rings. The number of thioether (sulfide) groups is 2. The van der Waals surface area contributed by atoms with Crippen molar-refractivity contribution in [3.05, 3.63) is 5.01 Å². The summed E-state index contributed by atoms with van der Waals surface area (Å²) in [5.74, 6) is 0.966. The first kappa shape index (κ1) is 12.8. The Morgan fingerprint density at radius 1 is 1.53 bits per heavy atom. The molecule has 2 heterocycles. The van der Waals surface area contributed by atoms with Gasteiger partial charge in [-0.3, -0.25) is 15.1 Å². The monoisotopic (exact) mass is 288 g/mol. The molecule has 0 aliphatic carbocycles. The summed E-state index contributed by atoms with van der Waals surface area (Å²) in [6.45, 7) is 4.58. The fraction of sp³-hybridized carbons (Fsp3) is 0.556. The predicted octanol–water partition coefficient (Wildman–Crippen LogP) is 2.01. The van der Waals surface area contributed by atoms with E-state index in [0.717, 1.165) is 21.7 Å². The lowest BCUT2D eigenvalue weighted by Gasteiger charge is -2.08. The second-order valence-electron chi connectivity index (χ2n) is 3.37. The van der Waals surface area contributed by atoms with Crippen LogP contribution in [-0.2, 0) is 4.79 Å². The first-order chi connectivity index (χ1) is 8.15. The first-order valence-corrected chi connectivity index (χ1v) is 7.78. The minimum absolute atomic E-state index is 0.0543. The maximum absolute atomic E-state index is 11.9. The van der Waals surface area contributed by atoms with Crippen molar-refractivity contribution in [2.75, 3.05) is 17.6 Å². The fourth-order valence-electron chi connectivity index (χ4n) is 1.15. The predicted molar refractivity (Wildman–Crippen MR) is 75.1 cm³/mol. The summed E-state index contributed by atoms with van der Waals surface area (Å²) in [7, 11) is 0. The van der Waals surface area contributed by atoms with Crippen molar-refractivity contribution >= 4 is 50.3 Å². The third-order valence-electron chi connectivity index (χ3n) is 1.96. The molecule has 0 spiro atoms. The number of rotatable bonds is 3. The topological polar surface area (TPSA) is 67.2 Å². The van der Waals surface area contributed by atoms with Gasteiger partial charge >= 0.3 is 0 Å². The van der Waals surface area contributed by atoms with Gasteiger partial charge in [-0.1, -0.05) is 34.9 Å². The smallest absolute Gasteiger partial charge is 0.239 e. The second kappa shape index (κ2) is 5.83. The zero-order valence-corrected chi connectivity index (χ0v) is 11.9. The van der Waals surface area contributed by atoms with Crippen LogP contribution in [0.25, 0.3) is 0 Å². The molecule has 1 aromatic rings. The van der Waals surface area contributed by atoms with Crippen molar-refractivity contribution < 1.29 is 4.79 Å². The number of nitrogens with zero attached hydrogens (tertiary/aromatic N) is 3. The fourth-order valence-corrected chi connectivity index (χ4v) is 3.87. The molecular weight excluding hydrogens is 276 g/mol. The minimum Gasteiger partial charge on any atom is -0.300 e. The van der Waals surface area contributed by atoms with Crippen molar-refractivity contribution in [1.29, 1.82) is 0 Å². The Morgan fingerprint density at radius 3 is 2.94 bits per heavy atom. The van der Waals surface area contributed by atoms with E-state index in [1.165, 1.54) is 23.1 Å². The second-order valence-corrected chi connectivity index (χ2v) is 7.22. The maximum atomic E-state index is 11.9. The molecule has 17 heavy (non-hydrogen) atoms. The number of anilines is 1. The highest BCUT2D eigenvalue weighted by Crippen LogP contribution is 2.26. The highest BCUT2D eigenvalue weighted by atomic mass is 32.2. The Morgan fingerprint density at radius 2 is 2.35 bits per heavy atom. The SMILES string of the molecule is Cc1nnc(NC(=O)C(C)SC2=NCCS2)s1. The number of aromatic nitrogens is 2. The van der Waals surface area contributed by atoms with Crippen molar-refractivity contribution in [2.24, 2.45) is 4.99 Å². The molecule has 2 rings (SSSR count). The van der Waals surface area contributed by atoms with Crippen LogP contribution in [-0.4, -0.2) is 38.0 Å². The largest absolute Gasteiger partial charge is 0.300 e. The number of carbonyl (C=O) groups is 1. The molecule has 0 radical (unpaired) electrons. The first-order valence-electron chi connectivity index (χ1n) is 5.10. The summed E-state index contributed by atoms with van der Waals surface area (Å²) >= 11 is 4.58. The average Bonchev–Trinajstić information content (AvgIpc) is 2.90. The van der Waals surface area contributed by atoms with Gasteiger partial charge in [0.15, 0.2) is 0 Å². The van der Waals surface area contributed by atoms with Gasteiger partial charge < -0.3 is 0 Å². The molecular formula is C9H12N4OS3. The van der Waals surface area contributed by atoms with E-state index in [-0.39, 0.29) is 11.2 Å². The van der Waals surface area contributed by atoms with E-state index < -0.39 is 0 Å². The number of aryl methyl sites for hydroxylation is 1. The Labute approximate surface area is 112 Å². The molecule has 0 bridgehead atoms. The molecule has 0 saturated heterocycles. The number of aliphatic imine (C=N–C) groups is 1. The Hall–Kier alpha value is -0.600. The lowest BCUT2D eigenvalue weighted by Crippen LogP contribution is -2.23. The van der Waals surface area contributed by atoms with Crippen LogP contribution in [0.5, 0.6) is 0 Å². The Kier molecular flexibility index (Phi) is 4.41. The van der Waals surface area contributed by atoms with Crippen LogP contribution < -0.4 is 5.32 Å². The van der Waals surface area contributed by atoms with Crippen LogP contribution in [0, 0.1) is 6.92 Å². The zero-order valence-electron chi connectivity index (χ0n) is 9.47. The molecule has 1 aromatic heterocycles. The van der Waals surface area contributed by atoms with Crippen molar-refractivity contribution in [2.45, 2.75) is 19.1 Å². The number of hydrogen-bond acceptors (Lipinski definition) is 7. The van der Waals surface area contributed by atoms with E-state index in [9.17, 15) is 4.79 Å². The molecule has 1 atom stereocenters. The Bertz CT molecular complexity index is 445. The lowest BCUT2D eigenvalue weighted by molar-refractivity contribution is -0.115. The molecule has 0 aromatic carbocycles. The van der Waals surface area contributed by atoms with Gasteiger partial charge in [-0.15, -0.1) is 10.2 Å². The molecule has 0 fully saturated rings. The summed E-state index contributed by atoms with van der Waals surface area (Å²) in [6.07, 6.45) is 0. The molecule has 8 heteroatoms. The van der Waals surface area contributed by atoms with Gasteiger partial charge in [0.05, 0.1) is 11.8 Å². The number of nitrogens with one attached hydrogen (secondary N) is 1. The van der Waals surface area contributed by atoms with Gasteiger partial charge in [0, 0.05) is 5.75 Å². The van der Waals surface area contributed by atoms with Crippen LogP contribution in [0.4, 0.5) is 5.13 Å². The Balaban J connectivity index is 1.86. The highest BCUT2D eigenvalue weighted by molar-refractivity contribution is 8.39. The van der Waals surface area contributed by atoms with E-state index in [0.29, 0.717) is 5.13 Å². The molecule has 1 amide bonds. The van der Waals surface area contributed by atoms with E-state index >= 15 is 0 Å². The van der Waals surface area contributed by atoms with Gasteiger partial charge in [0.25, 0.3) is 0 Å². The van der Waals surface area contributed by atoms with Gasteiger partial charge in [0.2, 0.25) is 11.0 Å². The minimum atomic E-state index is -0.163. The summed E-state index contributed by atoms with van der Waals surface area (Å²) in [5.41, 5.74) is 0. The zero-order chi connectivity index (χ0) is 12.3. The highest BCUT2D eigenvalue weighted by Gasteiger charge is 2.19. The van der Waals surface area contributed by atoms with Crippen LogP contribution in [0.2, 0.25) is 0 Å². The molecule has 0 saturated carbocycles. The normalized spacial score (nSPS) is 16.7. The summed E-state index contributed by atoms with van der Waals surface area (Å²) in [4.78, 5) is 16.2. The van der Waals surface area contributed by atoms with E-state index in [2.05, 4.69) is 20.5 Å². The summed E-state index contributed by atoms with van der Waals surface area (Å²) in [5, 5.41) is 11.7. The molecule has 1 aliphatic heterocycles. The lowest BCUT2D eigenvalue weighted by atomic mass is 10.4. The molecule has 1 N–H and O–H groups in total.